The first-order valence-corrected chi connectivity index (χ1v) is 10.3. The van der Waals surface area contributed by atoms with Crippen LogP contribution in [-0.2, 0) is 6.42 Å². The van der Waals surface area contributed by atoms with Crippen LogP contribution < -0.4 is 0 Å². The molecule has 1 nitrogen and oxygen atoms in total. The monoisotopic (exact) mass is 349 g/mol. The van der Waals surface area contributed by atoms with E-state index in [-0.39, 0.29) is 0 Å². The smallest absolute Gasteiger partial charge is 0.0715 e. The van der Waals surface area contributed by atoms with Crippen LogP contribution in [0.2, 0.25) is 0 Å². The molecule has 0 radical (unpaired) electrons. The number of aryl methyl sites for hydroxylation is 2. The third-order valence-corrected chi connectivity index (χ3v) is 5.73. The molecule has 0 spiro atoms. The standard InChI is InChI=1S/C23H27NS/c1-19-13-14-21-22(18-19)24-16-15-23(21)25-17-9-4-2-3-6-10-20-11-7-5-8-12-20/h5,7-8,11-16,18H,2-4,6,9-10,17H2,1H3. The maximum absolute atomic E-state index is 4.49. The molecule has 3 aromatic rings. The van der Waals surface area contributed by atoms with Gasteiger partial charge in [-0.25, -0.2) is 0 Å². The number of rotatable bonds is 9. The lowest BCUT2D eigenvalue weighted by Gasteiger charge is -2.07. The van der Waals surface area contributed by atoms with Crippen LogP contribution in [-0.4, -0.2) is 10.7 Å². The van der Waals surface area contributed by atoms with Gasteiger partial charge in [-0.1, -0.05) is 61.7 Å². The second-order valence-corrected chi connectivity index (χ2v) is 7.82. The summed E-state index contributed by atoms with van der Waals surface area (Å²) in [6.07, 6.45) is 9.80. The van der Waals surface area contributed by atoms with Crippen molar-refractivity contribution in [1.29, 1.82) is 0 Å². The summed E-state index contributed by atoms with van der Waals surface area (Å²) in [5.41, 5.74) is 3.86. The molecule has 0 fully saturated rings. The summed E-state index contributed by atoms with van der Waals surface area (Å²) in [6, 6.07) is 19.6. The first kappa shape index (κ1) is 18.0. The minimum Gasteiger partial charge on any atom is -0.256 e. The number of benzene rings is 2. The van der Waals surface area contributed by atoms with E-state index in [1.807, 2.05) is 18.0 Å². The Morgan fingerprint density at radius 3 is 2.52 bits per heavy atom. The molecular weight excluding hydrogens is 322 g/mol. The first-order valence-electron chi connectivity index (χ1n) is 9.35. The average Bonchev–Trinajstić information content (AvgIpc) is 2.64. The number of aromatic nitrogens is 1. The SMILES string of the molecule is Cc1ccc2c(SCCCCCCCc3ccccc3)ccnc2c1. The summed E-state index contributed by atoms with van der Waals surface area (Å²) < 4.78 is 0. The van der Waals surface area contributed by atoms with Gasteiger partial charge in [0.15, 0.2) is 0 Å². The number of hydrogen-bond acceptors (Lipinski definition) is 2. The summed E-state index contributed by atoms with van der Waals surface area (Å²) in [6.45, 7) is 2.12. The van der Waals surface area contributed by atoms with E-state index < -0.39 is 0 Å². The van der Waals surface area contributed by atoms with Gasteiger partial charge in [0, 0.05) is 16.5 Å². The van der Waals surface area contributed by atoms with Gasteiger partial charge in [-0.05, 0) is 55.2 Å². The number of hydrogen-bond donors (Lipinski definition) is 0. The van der Waals surface area contributed by atoms with E-state index in [4.69, 9.17) is 0 Å². The summed E-state index contributed by atoms with van der Waals surface area (Å²) in [4.78, 5) is 5.86. The van der Waals surface area contributed by atoms with E-state index in [0.717, 1.165) is 5.52 Å². The molecule has 0 aliphatic rings. The maximum Gasteiger partial charge on any atom is 0.0715 e. The molecule has 0 atom stereocenters. The van der Waals surface area contributed by atoms with Gasteiger partial charge in [-0.3, -0.25) is 4.98 Å². The van der Waals surface area contributed by atoms with Crippen molar-refractivity contribution in [2.45, 2.75) is 50.3 Å². The van der Waals surface area contributed by atoms with Crippen LogP contribution in [0.4, 0.5) is 0 Å². The van der Waals surface area contributed by atoms with Crippen molar-refractivity contribution in [2.75, 3.05) is 5.75 Å². The normalized spacial score (nSPS) is 11.1. The third-order valence-electron chi connectivity index (χ3n) is 4.57. The predicted octanol–water partition coefficient (Wildman–Crippen LogP) is 6.83. The van der Waals surface area contributed by atoms with Gasteiger partial charge >= 0.3 is 0 Å². The van der Waals surface area contributed by atoms with Gasteiger partial charge in [0.05, 0.1) is 5.52 Å². The molecular formula is C23H27NS. The summed E-state index contributed by atoms with van der Waals surface area (Å²) in [5, 5.41) is 1.29. The van der Waals surface area contributed by atoms with Crippen LogP contribution in [0, 0.1) is 6.92 Å². The van der Waals surface area contributed by atoms with E-state index in [1.54, 1.807) is 0 Å². The second kappa shape index (κ2) is 9.62. The molecule has 0 saturated heterocycles. The lowest BCUT2D eigenvalue weighted by atomic mass is 10.1. The second-order valence-electron chi connectivity index (χ2n) is 6.68. The summed E-state index contributed by atoms with van der Waals surface area (Å²) in [5.74, 6) is 1.20. The summed E-state index contributed by atoms with van der Waals surface area (Å²) in [7, 11) is 0. The molecule has 2 aromatic carbocycles. The molecule has 0 amide bonds. The van der Waals surface area contributed by atoms with E-state index in [0.29, 0.717) is 0 Å². The Labute approximate surface area is 155 Å². The molecule has 25 heavy (non-hydrogen) atoms. The Balaban J connectivity index is 1.34. The predicted molar refractivity (Wildman–Crippen MR) is 110 cm³/mol. The number of pyridine rings is 1. The largest absolute Gasteiger partial charge is 0.256 e. The van der Waals surface area contributed by atoms with Crippen molar-refractivity contribution >= 4 is 22.7 Å². The molecule has 0 unspecified atom stereocenters. The van der Waals surface area contributed by atoms with Crippen LogP contribution in [0.25, 0.3) is 10.9 Å². The van der Waals surface area contributed by atoms with Crippen LogP contribution in [0.1, 0.15) is 43.2 Å². The quantitative estimate of drug-likeness (QED) is 0.310. The Morgan fingerprint density at radius 1 is 0.840 bits per heavy atom. The fourth-order valence-corrected chi connectivity index (χ4v) is 4.20. The maximum atomic E-state index is 4.49. The van der Waals surface area contributed by atoms with Gasteiger partial charge in [-0.15, -0.1) is 11.8 Å². The van der Waals surface area contributed by atoms with E-state index in [9.17, 15) is 0 Å². The van der Waals surface area contributed by atoms with Gasteiger partial charge in [-0.2, -0.15) is 0 Å². The molecule has 0 bridgehead atoms. The Bertz CT molecular complexity index is 782. The zero-order chi connectivity index (χ0) is 17.3. The summed E-state index contributed by atoms with van der Waals surface area (Å²) >= 11 is 1.98. The Morgan fingerprint density at radius 2 is 1.64 bits per heavy atom. The molecule has 0 aliphatic heterocycles. The fraction of sp³-hybridized carbons (Fsp3) is 0.348. The highest BCUT2D eigenvalue weighted by Gasteiger charge is 2.03. The average molecular weight is 350 g/mol. The van der Waals surface area contributed by atoms with Crippen molar-refractivity contribution < 1.29 is 0 Å². The molecule has 2 heteroatoms. The van der Waals surface area contributed by atoms with Crippen LogP contribution in [0.15, 0.2) is 65.7 Å². The van der Waals surface area contributed by atoms with E-state index >= 15 is 0 Å². The van der Waals surface area contributed by atoms with Crippen LogP contribution in [0.3, 0.4) is 0 Å². The molecule has 0 aliphatic carbocycles. The van der Waals surface area contributed by atoms with E-state index in [1.165, 1.54) is 65.7 Å². The van der Waals surface area contributed by atoms with Crippen LogP contribution >= 0.6 is 11.8 Å². The molecule has 1 aromatic heterocycles. The van der Waals surface area contributed by atoms with Crippen molar-refractivity contribution in [3.63, 3.8) is 0 Å². The highest BCUT2D eigenvalue weighted by molar-refractivity contribution is 7.99. The highest BCUT2D eigenvalue weighted by Crippen LogP contribution is 2.28. The van der Waals surface area contributed by atoms with Crippen molar-refractivity contribution in [3.05, 3.63) is 71.9 Å². The van der Waals surface area contributed by atoms with E-state index in [2.05, 4.69) is 66.5 Å². The van der Waals surface area contributed by atoms with Crippen LogP contribution in [0.5, 0.6) is 0 Å². The lowest BCUT2D eigenvalue weighted by molar-refractivity contribution is 0.634. The number of nitrogens with zero attached hydrogens (tertiary/aromatic N) is 1. The lowest BCUT2D eigenvalue weighted by Crippen LogP contribution is -1.87. The zero-order valence-electron chi connectivity index (χ0n) is 15.1. The molecule has 130 valence electrons. The minimum atomic E-state index is 1.12. The number of fused-ring (bicyclic) bond motifs is 1. The van der Waals surface area contributed by atoms with Gasteiger partial charge < -0.3 is 0 Å². The molecule has 0 N–H and O–H groups in total. The topological polar surface area (TPSA) is 12.9 Å². The van der Waals surface area contributed by atoms with Crippen molar-refractivity contribution in [3.8, 4) is 0 Å². The number of unbranched alkanes of at least 4 members (excludes halogenated alkanes) is 4. The Hall–Kier alpha value is -1.80. The minimum absolute atomic E-state index is 1.12. The third kappa shape index (κ3) is 5.61. The van der Waals surface area contributed by atoms with Crippen molar-refractivity contribution in [1.82, 2.24) is 4.98 Å². The highest BCUT2D eigenvalue weighted by atomic mass is 32.2. The number of thioether (sulfide) groups is 1. The molecule has 0 saturated carbocycles. The fourth-order valence-electron chi connectivity index (χ4n) is 3.15. The first-order chi connectivity index (χ1) is 12.3. The van der Waals surface area contributed by atoms with Crippen molar-refractivity contribution in [2.24, 2.45) is 0 Å². The molecule has 1 heterocycles. The Kier molecular flexibility index (Phi) is 6.93. The molecule has 3 rings (SSSR count). The van der Waals surface area contributed by atoms with Gasteiger partial charge in [0.1, 0.15) is 0 Å². The van der Waals surface area contributed by atoms with Gasteiger partial charge in [0.25, 0.3) is 0 Å². The zero-order valence-corrected chi connectivity index (χ0v) is 15.9. The van der Waals surface area contributed by atoms with Gasteiger partial charge in [0.2, 0.25) is 0 Å².